The number of hydrogen-bond donors (Lipinski definition) is 0. The monoisotopic (exact) mass is 769 g/mol. The van der Waals surface area contributed by atoms with Crippen molar-refractivity contribution in [3.05, 3.63) is 58.3 Å². The molecule has 0 saturated carbocycles. The summed E-state index contributed by atoms with van der Waals surface area (Å²) in [6.07, 6.45) is 4.78. The molecule has 5 atom stereocenters. The van der Waals surface area contributed by atoms with Crippen LogP contribution in [-0.4, -0.2) is 84.9 Å². The van der Waals surface area contributed by atoms with Crippen LogP contribution in [0.3, 0.4) is 0 Å². The fraction of sp³-hybridized carbons (Fsp3) is 0.605. The molecule has 2 aliphatic heterocycles. The molecule has 2 saturated heterocycles. The molecule has 0 amide bonds. The van der Waals surface area contributed by atoms with Crippen molar-refractivity contribution in [3.63, 3.8) is 0 Å². The number of ether oxygens (including phenoxy) is 4. The summed E-state index contributed by atoms with van der Waals surface area (Å²) in [7, 11) is -1.48. The Kier molecular flexibility index (Phi) is 10.3. The van der Waals surface area contributed by atoms with E-state index in [1.165, 1.54) is 0 Å². The van der Waals surface area contributed by atoms with Gasteiger partial charge in [-0.3, -0.25) is 9.25 Å². The van der Waals surface area contributed by atoms with Crippen molar-refractivity contribution in [2.75, 3.05) is 19.8 Å². The molecule has 10 nitrogen and oxygen atoms in total. The molecule has 52 heavy (non-hydrogen) atoms. The van der Waals surface area contributed by atoms with Crippen LogP contribution in [-0.2, 0) is 45.3 Å². The highest BCUT2D eigenvalue weighted by Crippen LogP contribution is 2.42. The Morgan fingerprint density at radius 3 is 2.42 bits per heavy atom. The Balaban J connectivity index is 1.14. The SMILES string of the molecule is Cn1cc(-c2cc(F)c3c(c2)CCC3Cc2nc3c(cc2Cl)nc(O[C@@H]2CO[C@H]4[C@@H]2OC[C@H]4O[Si](C)(C)C(C)(C)C)n3COCC[Si](C)(C)C)cn1. The molecule has 0 spiro atoms. The number of fused-ring (bicyclic) bond motifs is 3. The maximum Gasteiger partial charge on any atom is 0.301 e. The highest BCUT2D eigenvalue weighted by molar-refractivity contribution is 6.76. The molecular weight excluding hydrogens is 717 g/mol. The highest BCUT2D eigenvalue weighted by atomic mass is 35.5. The van der Waals surface area contributed by atoms with Crippen LogP contribution in [0.15, 0.2) is 30.6 Å². The predicted octanol–water partition coefficient (Wildman–Crippen LogP) is 8.14. The van der Waals surface area contributed by atoms with Crippen molar-refractivity contribution >= 4 is 39.2 Å². The van der Waals surface area contributed by atoms with Gasteiger partial charge in [-0.25, -0.2) is 9.37 Å². The molecule has 1 unspecified atom stereocenters. The largest absolute Gasteiger partial charge is 0.456 e. The number of aromatic nitrogens is 5. The van der Waals surface area contributed by atoms with Gasteiger partial charge in [0.15, 0.2) is 20.1 Å². The number of hydrogen-bond acceptors (Lipinski definition) is 8. The van der Waals surface area contributed by atoms with E-state index in [0.29, 0.717) is 54.1 Å². The van der Waals surface area contributed by atoms with Gasteiger partial charge in [0.05, 0.1) is 36.2 Å². The topological polar surface area (TPSA) is 94.7 Å². The Hall–Kier alpha value is -2.66. The molecule has 0 N–H and O–H groups in total. The molecule has 1 aromatic carbocycles. The van der Waals surface area contributed by atoms with Gasteiger partial charge in [0.25, 0.3) is 0 Å². The molecule has 7 rings (SSSR count). The van der Waals surface area contributed by atoms with E-state index in [1.807, 2.05) is 23.9 Å². The third-order valence-electron chi connectivity index (χ3n) is 11.3. The third-order valence-corrected chi connectivity index (χ3v) is 17.8. The summed E-state index contributed by atoms with van der Waals surface area (Å²) < 4.78 is 51.5. The van der Waals surface area contributed by atoms with Crippen molar-refractivity contribution in [1.82, 2.24) is 24.3 Å². The van der Waals surface area contributed by atoms with E-state index < -0.39 is 16.4 Å². The minimum absolute atomic E-state index is 0.0472. The molecule has 2 fully saturated rings. The molecular formula is C38H53ClFN5O5Si2. The van der Waals surface area contributed by atoms with E-state index in [4.69, 9.17) is 44.9 Å². The zero-order valence-electron chi connectivity index (χ0n) is 32.0. The lowest BCUT2D eigenvalue weighted by Gasteiger charge is -2.39. The summed E-state index contributed by atoms with van der Waals surface area (Å²) in [5.74, 6) is -0.246. The quantitative estimate of drug-likeness (QED) is 0.105. The van der Waals surface area contributed by atoms with Gasteiger partial charge in [0, 0.05) is 33.5 Å². The van der Waals surface area contributed by atoms with Gasteiger partial charge in [0.2, 0.25) is 0 Å². The van der Waals surface area contributed by atoms with Crippen molar-refractivity contribution in [3.8, 4) is 17.1 Å². The normalized spacial score (nSPS) is 23.5. The van der Waals surface area contributed by atoms with Gasteiger partial charge in [-0.05, 0) is 78.2 Å². The summed E-state index contributed by atoms with van der Waals surface area (Å²) in [6, 6.07) is 6.97. The maximum absolute atomic E-state index is 15.8. The molecule has 5 heterocycles. The summed E-state index contributed by atoms with van der Waals surface area (Å²) in [4.78, 5) is 9.95. The minimum Gasteiger partial charge on any atom is -0.456 e. The maximum atomic E-state index is 15.8. The number of aryl methyl sites for hydroxylation is 2. The zero-order chi connectivity index (χ0) is 37.2. The second-order valence-electron chi connectivity index (χ2n) is 17.5. The molecule has 0 radical (unpaired) electrons. The van der Waals surface area contributed by atoms with Crippen molar-refractivity contribution in [2.24, 2.45) is 7.05 Å². The lowest BCUT2D eigenvalue weighted by Crippen LogP contribution is -2.47. The summed E-state index contributed by atoms with van der Waals surface area (Å²) in [6.45, 7) is 19.9. The number of rotatable bonds is 12. The number of pyridine rings is 1. The van der Waals surface area contributed by atoms with Crippen LogP contribution in [0.5, 0.6) is 6.01 Å². The smallest absolute Gasteiger partial charge is 0.301 e. The van der Waals surface area contributed by atoms with Gasteiger partial charge in [0.1, 0.15) is 30.3 Å². The van der Waals surface area contributed by atoms with Crippen LogP contribution in [0, 0.1) is 5.82 Å². The van der Waals surface area contributed by atoms with Gasteiger partial charge < -0.3 is 23.4 Å². The van der Waals surface area contributed by atoms with Crippen molar-refractivity contribution < 1.29 is 27.8 Å². The van der Waals surface area contributed by atoms with Crippen LogP contribution < -0.4 is 4.74 Å². The lowest BCUT2D eigenvalue weighted by molar-refractivity contribution is 0.00687. The van der Waals surface area contributed by atoms with Crippen LogP contribution in [0.1, 0.15) is 49.9 Å². The number of nitrogens with zero attached hydrogens (tertiary/aromatic N) is 5. The molecule has 1 aliphatic carbocycles. The van der Waals surface area contributed by atoms with Crippen molar-refractivity contribution in [1.29, 1.82) is 0 Å². The molecule has 3 aromatic heterocycles. The van der Waals surface area contributed by atoms with Gasteiger partial charge >= 0.3 is 6.01 Å². The van der Waals surface area contributed by atoms with Crippen LogP contribution in [0.2, 0.25) is 48.8 Å². The number of benzene rings is 1. The van der Waals surface area contributed by atoms with E-state index in [9.17, 15) is 0 Å². The third kappa shape index (κ3) is 7.64. The van der Waals surface area contributed by atoms with E-state index in [-0.39, 0.29) is 47.9 Å². The summed E-state index contributed by atoms with van der Waals surface area (Å²) >= 11 is 6.91. The minimum atomic E-state index is -2.03. The Morgan fingerprint density at radius 2 is 1.73 bits per heavy atom. The molecule has 282 valence electrons. The van der Waals surface area contributed by atoms with Crippen LogP contribution in [0.4, 0.5) is 4.39 Å². The lowest BCUT2D eigenvalue weighted by atomic mass is 9.93. The zero-order valence-corrected chi connectivity index (χ0v) is 34.7. The average Bonchev–Trinajstić information content (AvgIpc) is 3.87. The standard InChI is InChI=1S/C38H53ClFN5O5Si2/c1-38(2,3)52(8,9)50-32-21-48-34-31(20-47-35(32)34)49-37-43-30-17-27(39)29(42-36(30)45(37)22-46-12-13-51(5,6)7)16-24-11-10-23-14-25(15-28(40)33(23)24)26-18-41-44(4)19-26/h14-15,17-19,24,31-32,34-35H,10-13,16,20-22H2,1-9H3/t24?,31-,32-,34-,35-/m1/s1. The second kappa shape index (κ2) is 14.2. The van der Waals surface area contributed by atoms with Gasteiger partial charge in [-0.2, -0.15) is 10.1 Å². The van der Waals surface area contributed by atoms with E-state index in [0.717, 1.165) is 41.1 Å². The number of imidazole rings is 1. The van der Waals surface area contributed by atoms with E-state index >= 15 is 4.39 Å². The first-order chi connectivity index (χ1) is 24.5. The summed E-state index contributed by atoms with van der Waals surface area (Å²) in [5.41, 5.74) is 5.45. The Labute approximate surface area is 313 Å². The summed E-state index contributed by atoms with van der Waals surface area (Å²) in [5, 5.41) is 4.83. The molecule has 4 aromatic rings. The van der Waals surface area contributed by atoms with Gasteiger partial charge in [-0.15, -0.1) is 0 Å². The first-order valence-corrected chi connectivity index (χ1v) is 25.5. The Bertz CT molecular complexity index is 1940. The second-order valence-corrected chi connectivity index (χ2v) is 28.3. The fourth-order valence-electron chi connectivity index (χ4n) is 7.23. The van der Waals surface area contributed by atoms with Crippen molar-refractivity contribution in [2.45, 2.75) is 121 Å². The van der Waals surface area contributed by atoms with E-state index in [1.54, 1.807) is 16.9 Å². The first kappa shape index (κ1) is 37.7. The fourth-order valence-corrected chi connectivity index (χ4v) is 9.53. The Morgan fingerprint density at radius 1 is 1.00 bits per heavy atom. The average molecular weight is 770 g/mol. The van der Waals surface area contributed by atoms with Crippen LogP contribution in [0.25, 0.3) is 22.3 Å². The predicted molar refractivity (Wildman–Crippen MR) is 206 cm³/mol. The number of halogens is 2. The molecule has 0 bridgehead atoms. The highest BCUT2D eigenvalue weighted by Gasteiger charge is 2.52. The van der Waals surface area contributed by atoms with Gasteiger partial charge in [-0.1, -0.05) is 58.1 Å². The first-order valence-electron chi connectivity index (χ1n) is 18.5. The van der Waals surface area contributed by atoms with Crippen LogP contribution >= 0.6 is 11.6 Å². The molecule has 3 aliphatic rings. The van der Waals surface area contributed by atoms with E-state index in [2.05, 4.69) is 64.7 Å². The molecule has 14 heteroatoms.